The summed E-state index contributed by atoms with van der Waals surface area (Å²) in [4.78, 5) is 15.1. The Morgan fingerprint density at radius 3 is 2.35 bits per heavy atom. The van der Waals surface area contributed by atoms with Gasteiger partial charge < -0.3 is 9.64 Å². The molecular formula is C19H21NO2S. The molecule has 1 aromatic heterocycles. The van der Waals surface area contributed by atoms with Gasteiger partial charge in [0, 0.05) is 24.8 Å². The Balaban J connectivity index is 1.53. The van der Waals surface area contributed by atoms with Gasteiger partial charge in [0.2, 0.25) is 0 Å². The number of thiophene rings is 1. The zero-order valence-corrected chi connectivity index (χ0v) is 14.1. The molecule has 3 heterocycles. The monoisotopic (exact) mass is 327 g/mol. The highest BCUT2D eigenvalue weighted by Crippen LogP contribution is 2.37. The third kappa shape index (κ3) is 2.70. The summed E-state index contributed by atoms with van der Waals surface area (Å²) in [6.07, 6.45) is 4.50. The topological polar surface area (TPSA) is 29.5 Å². The van der Waals surface area contributed by atoms with Gasteiger partial charge in [-0.25, -0.2) is 0 Å². The highest BCUT2D eigenvalue weighted by Gasteiger charge is 2.43. The SMILES string of the molecule is COC1CC2CCC(C1)N2C(=O)c1ccc(-c2ccsc2)cc1. The van der Waals surface area contributed by atoms with E-state index in [1.54, 1.807) is 18.4 Å². The van der Waals surface area contributed by atoms with E-state index in [9.17, 15) is 4.79 Å². The number of amides is 1. The van der Waals surface area contributed by atoms with Gasteiger partial charge in [-0.1, -0.05) is 12.1 Å². The lowest BCUT2D eigenvalue weighted by molar-refractivity contribution is 0.00823. The normalized spacial score (nSPS) is 26.5. The third-order valence-corrected chi connectivity index (χ3v) is 5.93. The Morgan fingerprint density at radius 2 is 1.78 bits per heavy atom. The molecule has 2 saturated heterocycles. The number of nitrogens with zero attached hydrogens (tertiary/aromatic N) is 1. The Hall–Kier alpha value is -1.65. The minimum atomic E-state index is 0.184. The molecule has 4 rings (SSSR count). The van der Waals surface area contributed by atoms with E-state index in [2.05, 4.69) is 33.9 Å². The molecule has 2 aliphatic heterocycles. The summed E-state index contributed by atoms with van der Waals surface area (Å²) in [6, 6.07) is 10.9. The van der Waals surface area contributed by atoms with Crippen molar-refractivity contribution in [1.82, 2.24) is 4.90 Å². The average molecular weight is 327 g/mol. The van der Waals surface area contributed by atoms with E-state index in [0.29, 0.717) is 18.2 Å². The van der Waals surface area contributed by atoms with Crippen LogP contribution in [0.2, 0.25) is 0 Å². The molecule has 1 aromatic carbocycles. The van der Waals surface area contributed by atoms with Gasteiger partial charge in [0.25, 0.3) is 5.91 Å². The quantitative estimate of drug-likeness (QED) is 0.845. The van der Waals surface area contributed by atoms with E-state index >= 15 is 0 Å². The maximum absolute atomic E-state index is 12.9. The van der Waals surface area contributed by atoms with Gasteiger partial charge in [-0.15, -0.1) is 0 Å². The molecule has 2 unspecified atom stereocenters. The van der Waals surface area contributed by atoms with Crippen LogP contribution < -0.4 is 0 Å². The van der Waals surface area contributed by atoms with E-state index in [-0.39, 0.29) is 5.91 Å². The smallest absolute Gasteiger partial charge is 0.254 e. The molecule has 23 heavy (non-hydrogen) atoms. The highest BCUT2D eigenvalue weighted by atomic mass is 32.1. The molecule has 0 N–H and O–H groups in total. The first-order chi connectivity index (χ1) is 11.3. The van der Waals surface area contributed by atoms with E-state index in [1.165, 1.54) is 11.1 Å². The van der Waals surface area contributed by atoms with E-state index < -0.39 is 0 Å². The number of ether oxygens (including phenoxy) is 1. The number of carbonyl (C=O) groups is 1. The van der Waals surface area contributed by atoms with E-state index in [1.807, 2.05) is 12.1 Å². The summed E-state index contributed by atoms with van der Waals surface area (Å²) in [7, 11) is 1.78. The molecule has 0 saturated carbocycles. The summed E-state index contributed by atoms with van der Waals surface area (Å²) in [6.45, 7) is 0. The molecule has 3 nitrogen and oxygen atoms in total. The van der Waals surface area contributed by atoms with Crippen LogP contribution in [0.25, 0.3) is 11.1 Å². The fraction of sp³-hybridized carbons (Fsp3) is 0.421. The van der Waals surface area contributed by atoms with Crippen LogP contribution in [0.1, 0.15) is 36.0 Å². The summed E-state index contributed by atoms with van der Waals surface area (Å²) < 4.78 is 5.53. The van der Waals surface area contributed by atoms with Gasteiger partial charge in [0.1, 0.15) is 0 Å². The Labute approximate surface area is 140 Å². The number of hydrogen-bond donors (Lipinski definition) is 0. The lowest BCUT2D eigenvalue weighted by atomic mass is 9.98. The van der Waals surface area contributed by atoms with Crippen molar-refractivity contribution in [2.24, 2.45) is 0 Å². The predicted molar refractivity (Wildman–Crippen MR) is 92.8 cm³/mol. The maximum atomic E-state index is 12.9. The first-order valence-electron chi connectivity index (χ1n) is 8.24. The zero-order valence-electron chi connectivity index (χ0n) is 13.3. The van der Waals surface area contributed by atoms with Crippen molar-refractivity contribution in [2.45, 2.75) is 43.9 Å². The van der Waals surface area contributed by atoms with Crippen molar-refractivity contribution in [2.75, 3.05) is 7.11 Å². The first kappa shape index (κ1) is 14.9. The minimum Gasteiger partial charge on any atom is -0.381 e. The van der Waals surface area contributed by atoms with Crippen LogP contribution in [0.15, 0.2) is 41.1 Å². The Bertz CT molecular complexity index is 666. The van der Waals surface area contributed by atoms with Crippen LogP contribution in [0.5, 0.6) is 0 Å². The zero-order chi connectivity index (χ0) is 15.8. The van der Waals surface area contributed by atoms with Crippen molar-refractivity contribution >= 4 is 17.2 Å². The second-order valence-corrected chi connectivity index (χ2v) is 7.30. The van der Waals surface area contributed by atoms with Crippen LogP contribution in [-0.2, 0) is 4.74 Å². The predicted octanol–water partition coefficient (Wildman–Crippen LogP) is 4.20. The van der Waals surface area contributed by atoms with Gasteiger partial charge in [0.15, 0.2) is 0 Å². The van der Waals surface area contributed by atoms with Crippen molar-refractivity contribution in [3.05, 3.63) is 46.7 Å². The highest BCUT2D eigenvalue weighted by molar-refractivity contribution is 7.08. The number of benzene rings is 1. The summed E-state index contributed by atoms with van der Waals surface area (Å²) in [5.74, 6) is 0.184. The molecule has 1 amide bonds. The molecule has 2 bridgehead atoms. The van der Waals surface area contributed by atoms with E-state index in [4.69, 9.17) is 4.74 Å². The second-order valence-electron chi connectivity index (χ2n) is 6.52. The second kappa shape index (κ2) is 6.10. The minimum absolute atomic E-state index is 0.184. The van der Waals surface area contributed by atoms with Gasteiger partial charge in [-0.3, -0.25) is 4.79 Å². The van der Waals surface area contributed by atoms with Crippen molar-refractivity contribution in [1.29, 1.82) is 0 Å². The molecule has 0 radical (unpaired) electrons. The molecule has 2 atom stereocenters. The number of carbonyl (C=O) groups excluding carboxylic acids is 1. The van der Waals surface area contributed by atoms with Gasteiger partial charge in [0.05, 0.1) is 6.10 Å². The van der Waals surface area contributed by atoms with Crippen molar-refractivity contribution in [3.8, 4) is 11.1 Å². The molecule has 4 heteroatoms. The summed E-state index contributed by atoms with van der Waals surface area (Å²) in [5, 5.41) is 4.21. The van der Waals surface area contributed by atoms with Gasteiger partial charge >= 0.3 is 0 Å². The van der Waals surface area contributed by atoms with Gasteiger partial charge in [-0.05, 0) is 65.8 Å². The first-order valence-corrected chi connectivity index (χ1v) is 9.18. The van der Waals surface area contributed by atoms with E-state index in [0.717, 1.165) is 31.2 Å². The largest absolute Gasteiger partial charge is 0.381 e. The summed E-state index contributed by atoms with van der Waals surface area (Å²) >= 11 is 1.69. The third-order valence-electron chi connectivity index (χ3n) is 5.24. The molecule has 0 spiro atoms. The number of piperidine rings is 1. The molecule has 0 aliphatic carbocycles. The van der Waals surface area contributed by atoms with Crippen molar-refractivity contribution < 1.29 is 9.53 Å². The standard InChI is InChI=1S/C19H21NO2S/c1-22-18-10-16-6-7-17(11-18)20(16)19(21)14-4-2-13(3-5-14)15-8-9-23-12-15/h2-5,8-9,12,16-18H,6-7,10-11H2,1H3. The van der Waals surface area contributed by atoms with Gasteiger partial charge in [-0.2, -0.15) is 11.3 Å². The maximum Gasteiger partial charge on any atom is 0.254 e. The number of rotatable bonds is 3. The fourth-order valence-electron chi connectivity index (χ4n) is 4.03. The molecule has 2 aliphatic rings. The van der Waals surface area contributed by atoms with Crippen LogP contribution in [0.3, 0.4) is 0 Å². The Morgan fingerprint density at radius 1 is 1.09 bits per heavy atom. The lowest BCUT2D eigenvalue weighted by Gasteiger charge is -2.38. The summed E-state index contributed by atoms with van der Waals surface area (Å²) in [5.41, 5.74) is 3.19. The molecular weight excluding hydrogens is 306 g/mol. The number of hydrogen-bond acceptors (Lipinski definition) is 3. The van der Waals surface area contributed by atoms with Crippen LogP contribution in [0.4, 0.5) is 0 Å². The number of fused-ring (bicyclic) bond motifs is 2. The van der Waals surface area contributed by atoms with Crippen LogP contribution >= 0.6 is 11.3 Å². The van der Waals surface area contributed by atoms with Crippen LogP contribution in [0, 0.1) is 0 Å². The van der Waals surface area contributed by atoms with Crippen molar-refractivity contribution in [3.63, 3.8) is 0 Å². The fourth-order valence-corrected chi connectivity index (χ4v) is 4.70. The number of methoxy groups -OCH3 is 1. The Kier molecular flexibility index (Phi) is 3.95. The molecule has 120 valence electrons. The average Bonchev–Trinajstić information content (AvgIpc) is 3.21. The van der Waals surface area contributed by atoms with Crippen LogP contribution in [-0.4, -0.2) is 36.1 Å². The lowest BCUT2D eigenvalue weighted by Crippen LogP contribution is -2.48. The molecule has 2 aromatic rings. The molecule has 2 fully saturated rings.